The van der Waals surface area contributed by atoms with Gasteiger partial charge < -0.3 is 11.1 Å². The smallest absolute Gasteiger partial charge is 0.141 e. The minimum Gasteiger partial charge on any atom is -0.383 e. The Morgan fingerprint density at radius 2 is 1.71 bits per heavy atom. The highest BCUT2D eigenvalue weighted by atomic mass is 32.1. The second kappa shape index (κ2) is 8.43. The summed E-state index contributed by atoms with van der Waals surface area (Å²) in [5.74, 6) is 0.572. The van der Waals surface area contributed by atoms with Crippen molar-refractivity contribution in [2.24, 2.45) is 10.7 Å². The molecule has 0 atom stereocenters. The van der Waals surface area contributed by atoms with Crippen LogP contribution in [0.1, 0.15) is 16.0 Å². The van der Waals surface area contributed by atoms with Gasteiger partial charge in [0, 0.05) is 6.54 Å². The lowest BCUT2D eigenvalue weighted by Gasteiger charge is -2.05. The maximum atomic E-state index is 6.01. The van der Waals surface area contributed by atoms with Gasteiger partial charge in [0.15, 0.2) is 0 Å². The molecule has 4 heteroatoms. The number of hydrogen-bond acceptors (Lipinski definition) is 3. The van der Waals surface area contributed by atoms with Crippen LogP contribution in [0.4, 0.5) is 5.69 Å². The number of rotatable bonds is 7. The standard InChI is InChI=1S/C20H21N3S/c21-20(19-7-4-14-24-19)23-18-10-8-16(9-11-18)12-13-22-15-17-5-2-1-3-6-17/h1-11,14,22H,12-13,15H2,(H2,21,23). The Morgan fingerprint density at radius 1 is 0.917 bits per heavy atom. The molecule has 3 aromatic rings. The average Bonchev–Trinajstić information content (AvgIpc) is 3.16. The van der Waals surface area contributed by atoms with E-state index in [1.807, 2.05) is 35.7 Å². The van der Waals surface area contributed by atoms with E-state index in [-0.39, 0.29) is 0 Å². The molecule has 3 N–H and O–H groups in total. The fourth-order valence-corrected chi connectivity index (χ4v) is 3.04. The quantitative estimate of drug-likeness (QED) is 0.388. The van der Waals surface area contributed by atoms with Gasteiger partial charge in [-0.2, -0.15) is 0 Å². The van der Waals surface area contributed by atoms with Crippen molar-refractivity contribution in [1.29, 1.82) is 0 Å². The Kier molecular flexibility index (Phi) is 5.77. The maximum Gasteiger partial charge on any atom is 0.141 e. The van der Waals surface area contributed by atoms with Crippen LogP contribution >= 0.6 is 11.3 Å². The Morgan fingerprint density at radius 3 is 2.42 bits per heavy atom. The molecule has 1 heterocycles. The van der Waals surface area contributed by atoms with Crippen LogP contribution in [0.3, 0.4) is 0 Å². The van der Waals surface area contributed by atoms with Gasteiger partial charge >= 0.3 is 0 Å². The molecule has 2 aromatic carbocycles. The third-order valence-corrected chi connectivity index (χ3v) is 4.61. The van der Waals surface area contributed by atoms with E-state index in [2.05, 4.69) is 46.7 Å². The molecule has 0 saturated heterocycles. The summed E-state index contributed by atoms with van der Waals surface area (Å²) in [6.45, 7) is 1.86. The molecular formula is C20H21N3S. The zero-order valence-electron chi connectivity index (χ0n) is 13.5. The monoisotopic (exact) mass is 335 g/mol. The zero-order chi connectivity index (χ0) is 16.6. The first kappa shape index (κ1) is 16.4. The molecule has 0 aliphatic heterocycles. The Balaban J connectivity index is 1.49. The second-order valence-corrected chi connectivity index (χ2v) is 6.50. The number of benzene rings is 2. The highest BCUT2D eigenvalue weighted by molar-refractivity contribution is 7.12. The van der Waals surface area contributed by atoms with Gasteiger partial charge in [0.2, 0.25) is 0 Å². The molecule has 122 valence electrons. The van der Waals surface area contributed by atoms with Gasteiger partial charge in [-0.25, -0.2) is 4.99 Å². The number of thiophene rings is 1. The lowest BCUT2D eigenvalue weighted by atomic mass is 10.1. The van der Waals surface area contributed by atoms with E-state index in [9.17, 15) is 0 Å². The van der Waals surface area contributed by atoms with E-state index in [1.165, 1.54) is 11.1 Å². The molecule has 3 rings (SSSR count). The van der Waals surface area contributed by atoms with Gasteiger partial charge in [-0.15, -0.1) is 11.3 Å². The van der Waals surface area contributed by atoms with Gasteiger partial charge in [-0.1, -0.05) is 48.5 Å². The van der Waals surface area contributed by atoms with Crippen LogP contribution in [0.25, 0.3) is 0 Å². The van der Waals surface area contributed by atoms with Crippen molar-refractivity contribution >= 4 is 22.9 Å². The first-order valence-electron chi connectivity index (χ1n) is 8.03. The molecule has 0 aliphatic rings. The van der Waals surface area contributed by atoms with Crippen LogP contribution in [0.5, 0.6) is 0 Å². The fourth-order valence-electron chi connectivity index (χ4n) is 2.42. The van der Waals surface area contributed by atoms with Crippen LogP contribution in [0.15, 0.2) is 77.1 Å². The molecule has 1 aromatic heterocycles. The number of nitrogens with two attached hydrogens (primary N) is 1. The predicted octanol–water partition coefficient (Wildman–Crippen LogP) is 4.12. The summed E-state index contributed by atoms with van der Waals surface area (Å²) in [4.78, 5) is 5.47. The third kappa shape index (κ3) is 4.78. The molecule has 24 heavy (non-hydrogen) atoms. The van der Waals surface area contributed by atoms with E-state index >= 15 is 0 Å². The molecule has 0 unspecified atom stereocenters. The van der Waals surface area contributed by atoms with E-state index in [4.69, 9.17) is 5.73 Å². The van der Waals surface area contributed by atoms with Crippen LogP contribution in [0, 0.1) is 0 Å². The van der Waals surface area contributed by atoms with Crippen molar-refractivity contribution < 1.29 is 0 Å². The number of amidine groups is 1. The molecule has 0 aliphatic carbocycles. The van der Waals surface area contributed by atoms with E-state index in [1.54, 1.807) is 11.3 Å². The van der Waals surface area contributed by atoms with Crippen molar-refractivity contribution in [3.8, 4) is 0 Å². The van der Waals surface area contributed by atoms with Gasteiger partial charge in [0.25, 0.3) is 0 Å². The highest BCUT2D eigenvalue weighted by Crippen LogP contribution is 2.16. The molecule has 0 bridgehead atoms. The summed E-state index contributed by atoms with van der Waals surface area (Å²) in [5.41, 5.74) is 9.51. The lowest BCUT2D eigenvalue weighted by molar-refractivity contribution is 0.687. The number of nitrogens with one attached hydrogen (secondary N) is 1. The number of aliphatic imine (C=N–C) groups is 1. The lowest BCUT2D eigenvalue weighted by Crippen LogP contribution is -2.16. The SMILES string of the molecule is NC(=Nc1ccc(CCNCc2ccccc2)cc1)c1cccs1. The molecular weight excluding hydrogens is 314 g/mol. The van der Waals surface area contributed by atoms with Crippen LogP contribution in [0.2, 0.25) is 0 Å². The fraction of sp³-hybridized carbons (Fsp3) is 0.150. The average molecular weight is 335 g/mol. The summed E-state index contributed by atoms with van der Waals surface area (Å²) >= 11 is 1.60. The van der Waals surface area contributed by atoms with E-state index < -0.39 is 0 Å². The Labute approximate surface area is 146 Å². The first-order chi connectivity index (χ1) is 11.8. The Hall–Kier alpha value is -2.43. The topological polar surface area (TPSA) is 50.4 Å². The van der Waals surface area contributed by atoms with Gasteiger partial charge in [-0.05, 0) is 47.7 Å². The van der Waals surface area contributed by atoms with Crippen molar-refractivity contribution in [3.05, 3.63) is 88.1 Å². The molecule has 0 amide bonds. The highest BCUT2D eigenvalue weighted by Gasteiger charge is 2.00. The molecule has 0 fully saturated rings. The largest absolute Gasteiger partial charge is 0.383 e. The first-order valence-corrected chi connectivity index (χ1v) is 8.91. The van der Waals surface area contributed by atoms with Gasteiger partial charge in [0.05, 0.1) is 10.6 Å². The van der Waals surface area contributed by atoms with Crippen molar-refractivity contribution in [2.75, 3.05) is 6.54 Å². The second-order valence-electron chi connectivity index (χ2n) is 5.55. The third-order valence-electron chi connectivity index (χ3n) is 3.72. The number of hydrogen-bond donors (Lipinski definition) is 2. The summed E-state index contributed by atoms with van der Waals surface area (Å²) < 4.78 is 0. The summed E-state index contributed by atoms with van der Waals surface area (Å²) in [5, 5.41) is 5.47. The predicted molar refractivity (Wildman–Crippen MR) is 103 cm³/mol. The molecule has 0 radical (unpaired) electrons. The van der Waals surface area contributed by atoms with Crippen LogP contribution < -0.4 is 11.1 Å². The normalized spacial score (nSPS) is 11.6. The van der Waals surface area contributed by atoms with Gasteiger partial charge in [-0.3, -0.25) is 0 Å². The molecule has 0 spiro atoms. The number of nitrogens with zero attached hydrogens (tertiary/aromatic N) is 1. The van der Waals surface area contributed by atoms with E-state index in [0.29, 0.717) is 5.84 Å². The van der Waals surface area contributed by atoms with Gasteiger partial charge in [0.1, 0.15) is 5.84 Å². The van der Waals surface area contributed by atoms with Crippen molar-refractivity contribution in [3.63, 3.8) is 0 Å². The van der Waals surface area contributed by atoms with E-state index in [0.717, 1.165) is 30.1 Å². The summed E-state index contributed by atoms with van der Waals surface area (Å²) in [6, 6.07) is 22.7. The maximum absolute atomic E-state index is 6.01. The minimum atomic E-state index is 0.572. The van der Waals surface area contributed by atoms with Crippen molar-refractivity contribution in [1.82, 2.24) is 5.32 Å². The van der Waals surface area contributed by atoms with Crippen molar-refractivity contribution in [2.45, 2.75) is 13.0 Å². The molecule has 0 saturated carbocycles. The van der Waals surface area contributed by atoms with Crippen LogP contribution in [-0.4, -0.2) is 12.4 Å². The summed E-state index contributed by atoms with van der Waals surface area (Å²) in [6.07, 6.45) is 0.997. The minimum absolute atomic E-state index is 0.572. The summed E-state index contributed by atoms with van der Waals surface area (Å²) in [7, 11) is 0. The Bertz CT molecular complexity index is 762. The zero-order valence-corrected chi connectivity index (χ0v) is 14.3. The molecule has 3 nitrogen and oxygen atoms in total. The van der Waals surface area contributed by atoms with Crippen LogP contribution in [-0.2, 0) is 13.0 Å².